The molecule has 0 saturated carbocycles. The minimum Gasteiger partial charge on any atom is -0.496 e. The molecule has 1 unspecified atom stereocenters. The highest BCUT2D eigenvalue weighted by atomic mass is 16.5. The molecule has 0 aliphatic carbocycles. The monoisotopic (exact) mass is 263 g/mol. The molecule has 106 valence electrons. The Kier molecular flexibility index (Phi) is 4.16. The van der Waals surface area contributed by atoms with Gasteiger partial charge in [0.05, 0.1) is 19.8 Å². The Morgan fingerprint density at radius 3 is 2.58 bits per heavy atom. The highest BCUT2D eigenvalue weighted by Gasteiger charge is 2.26. The zero-order valence-corrected chi connectivity index (χ0v) is 12.7. The van der Waals surface area contributed by atoms with Crippen molar-refractivity contribution in [2.45, 2.75) is 39.2 Å². The molecule has 0 amide bonds. The Labute approximate surface area is 116 Å². The first-order valence-electron chi connectivity index (χ1n) is 6.95. The fraction of sp³-hybridized carbons (Fsp3) is 0.625. The summed E-state index contributed by atoms with van der Waals surface area (Å²) in [5.74, 6) is 0.979. The third-order valence-corrected chi connectivity index (χ3v) is 3.55. The number of ether oxygens (including phenoxy) is 2. The SMILES string of the molecule is COc1c(C2CNCCO2)cc(C)cc1C(C)(C)C. The largest absolute Gasteiger partial charge is 0.496 e. The first-order chi connectivity index (χ1) is 8.93. The standard InChI is InChI=1S/C16H25NO2/c1-11-8-12(14-10-17-6-7-19-14)15(18-5)13(9-11)16(2,3)4/h8-9,14,17H,6-7,10H2,1-5H3. The van der Waals surface area contributed by atoms with Gasteiger partial charge in [0.15, 0.2) is 0 Å². The van der Waals surface area contributed by atoms with Crippen LogP contribution in [0.2, 0.25) is 0 Å². The van der Waals surface area contributed by atoms with Crippen molar-refractivity contribution in [2.75, 3.05) is 26.8 Å². The van der Waals surface area contributed by atoms with Crippen LogP contribution in [0.25, 0.3) is 0 Å². The van der Waals surface area contributed by atoms with Crippen molar-refractivity contribution in [3.05, 3.63) is 28.8 Å². The molecule has 1 N–H and O–H groups in total. The van der Waals surface area contributed by atoms with E-state index < -0.39 is 0 Å². The maximum Gasteiger partial charge on any atom is 0.128 e. The average Bonchev–Trinajstić information content (AvgIpc) is 2.37. The van der Waals surface area contributed by atoms with Crippen molar-refractivity contribution >= 4 is 0 Å². The summed E-state index contributed by atoms with van der Waals surface area (Å²) >= 11 is 0. The van der Waals surface area contributed by atoms with Crippen molar-refractivity contribution < 1.29 is 9.47 Å². The van der Waals surface area contributed by atoms with Gasteiger partial charge in [-0.25, -0.2) is 0 Å². The van der Waals surface area contributed by atoms with Gasteiger partial charge < -0.3 is 14.8 Å². The highest BCUT2D eigenvalue weighted by molar-refractivity contribution is 5.49. The molecule has 0 spiro atoms. The summed E-state index contributed by atoms with van der Waals surface area (Å²) in [6.45, 7) is 11.3. The summed E-state index contributed by atoms with van der Waals surface area (Å²) in [6.07, 6.45) is 0.0877. The molecular weight excluding hydrogens is 238 g/mol. The van der Waals surface area contributed by atoms with Gasteiger partial charge in [-0.3, -0.25) is 0 Å². The molecular formula is C16H25NO2. The van der Waals surface area contributed by atoms with Crippen molar-refractivity contribution in [2.24, 2.45) is 0 Å². The minimum absolute atomic E-state index is 0.0637. The lowest BCUT2D eigenvalue weighted by molar-refractivity contribution is 0.0261. The van der Waals surface area contributed by atoms with Crippen LogP contribution in [-0.2, 0) is 10.2 Å². The van der Waals surface area contributed by atoms with E-state index in [4.69, 9.17) is 9.47 Å². The first-order valence-corrected chi connectivity index (χ1v) is 6.95. The van der Waals surface area contributed by atoms with E-state index in [9.17, 15) is 0 Å². The normalized spacial score (nSPS) is 20.4. The number of morpholine rings is 1. The van der Waals surface area contributed by atoms with E-state index in [0.29, 0.717) is 0 Å². The fourth-order valence-corrected chi connectivity index (χ4v) is 2.59. The van der Waals surface area contributed by atoms with Crippen LogP contribution in [0.3, 0.4) is 0 Å². The molecule has 0 radical (unpaired) electrons. The molecule has 1 saturated heterocycles. The Hall–Kier alpha value is -1.06. The van der Waals surface area contributed by atoms with Crippen molar-refractivity contribution in [3.63, 3.8) is 0 Å². The minimum atomic E-state index is 0.0637. The maximum atomic E-state index is 5.89. The van der Waals surface area contributed by atoms with Crippen molar-refractivity contribution in [3.8, 4) is 5.75 Å². The van der Waals surface area contributed by atoms with Gasteiger partial charge in [0.2, 0.25) is 0 Å². The van der Waals surface area contributed by atoms with Gasteiger partial charge in [-0.2, -0.15) is 0 Å². The molecule has 2 rings (SSSR count). The number of benzene rings is 1. The van der Waals surface area contributed by atoms with Gasteiger partial charge in [0.1, 0.15) is 5.75 Å². The van der Waals surface area contributed by atoms with Crippen LogP contribution < -0.4 is 10.1 Å². The van der Waals surface area contributed by atoms with Crippen LogP contribution in [0.5, 0.6) is 5.75 Å². The zero-order chi connectivity index (χ0) is 14.0. The second-order valence-electron chi connectivity index (χ2n) is 6.25. The number of rotatable bonds is 2. The molecule has 1 aliphatic heterocycles. The highest BCUT2D eigenvalue weighted by Crippen LogP contribution is 2.38. The topological polar surface area (TPSA) is 30.5 Å². The van der Waals surface area contributed by atoms with E-state index in [2.05, 4.69) is 45.1 Å². The average molecular weight is 263 g/mol. The number of methoxy groups -OCH3 is 1. The molecule has 1 aromatic carbocycles. The lowest BCUT2D eigenvalue weighted by Crippen LogP contribution is -2.33. The second kappa shape index (κ2) is 5.51. The van der Waals surface area contributed by atoms with E-state index >= 15 is 0 Å². The summed E-state index contributed by atoms with van der Waals surface area (Å²) < 4.78 is 11.6. The van der Waals surface area contributed by atoms with Crippen molar-refractivity contribution in [1.82, 2.24) is 5.32 Å². The lowest BCUT2D eigenvalue weighted by Gasteiger charge is -2.30. The van der Waals surface area contributed by atoms with Gasteiger partial charge in [0.25, 0.3) is 0 Å². The quantitative estimate of drug-likeness (QED) is 0.890. The van der Waals surface area contributed by atoms with Crippen LogP contribution in [0.15, 0.2) is 12.1 Å². The molecule has 1 aliphatic rings. The molecule has 1 aromatic rings. The number of nitrogens with one attached hydrogen (secondary N) is 1. The van der Waals surface area contributed by atoms with E-state index in [0.717, 1.165) is 25.4 Å². The molecule has 1 fully saturated rings. The predicted molar refractivity (Wildman–Crippen MR) is 78.0 cm³/mol. The van der Waals surface area contributed by atoms with E-state index in [1.54, 1.807) is 7.11 Å². The smallest absolute Gasteiger partial charge is 0.128 e. The molecule has 1 heterocycles. The molecule has 3 nitrogen and oxygen atoms in total. The summed E-state index contributed by atoms with van der Waals surface area (Å²) in [5, 5.41) is 3.38. The van der Waals surface area contributed by atoms with Crippen LogP contribution >= 0.6 is 0 Å². The first kappa shape index (κ1) is 14.4. The summed E-state index contributed by atoms with van der Waals surface area (Å²) in [4.78, 5) is 0. The van der Waals surface area contributed by atoms with Crippen LogP contribution in [0.1, 0.15) is 43.6 Å². The van der Waals surface area contributed by atoms with Crippen molar-refractivity contribution in [1.29, 1.82) is 0 Å². The summed E-state index contributed by atoms with van der Waals surface area (Å²) in [5.41, 5.74) is 3.74. The van der Waals surface area contributed by atoms with Gasteiger partial charge >= 0.3 is 0 Å². The molecule has 0 aromatic heterocycles. The predicted octanol–water partition coefficient (Wildman–Crippen LogP) is 2.96. The third-order valence-electron chi connectivity index (χ3n) is 3.55. The van der Waals surface area contributed by atoms with Crippen LogP contribution in [0, 0.1) is 6.92 Å². The molecule has 3 heteroatoms. The van der Waals surface area contributed by atoms with Gasteiger partial charge in [-0.1, -0.05) is 32.4 Å². The van der Waals surface area contributed by atoms with Crippen LogP contribution in [-0.4, -0.2) is 26.8 Å². The number of aryl methyl sites for hydroxylation is 1. The summed E-state index contributed by atoms with van der Waals surface area (Å²) in [6, 6.07) is 4.41. The van der Waals surface area contributed by atoms with Gasteiger partial charge in [-0.15, -0.1) is 0 Å². The van der Waals surface area contributed by atoms with E-state index in [-0.39, 0.29) is 11.5 Å². The van der Waals surface area contributed by atoms with E-state index in [1.807, 2.05) is 0 Å². The zero-order valence-electron chi connectivity index (χ0n) is 12.7. The number of hydrogen-bond donors (Lipinski definition) is 1. The Morgan fingerprint density at radius 2 is 2.05 bits per heavy atom. The van der Waals surface area contributed by atoms with Gasteiger partial charge in [0, 0.05) is 24.2 Å². The third kappa shape index (κ3) is 3.10. The molecule has 0 bridgehead atoms. The second-order valence-corrected chi connectivity index (χ2v) is 6.25. The maximum absolute atomic E-state index is 5.89. The van der Waals surface area contributed by atoms with E-state index in [1.165, 1.54) is 16.7 Å². The van der Waals surface area contributed by atoms with Gasteiger partial charge in [-0.05, 0) is 18.4 Å². The lowest BCUT2D eigenvalue weighted by atomic mass is 9.83. The Morgan fingerprint density at radius 1 is 1.32 bits per heavy atom. The molecule has 1 atom stereocenters. The number of hydrogen-bond acceptors (Lipinski definition) is 3. The molecule has 19 heavy (non-hydrogen) atoms. The summed E-state index contributed by atoms with van der Waals surface area (Å²) in [7, 11) is 1.75. The Bertz CT molecular complexity index is 443. The van der Waals surface area contributed by atoms with Crippen LogP contribution in [0.4, 0.5) is 0 Å². The Balaban J connectivity index is 2.50. The fourth-order valence-electron chi connectivity index (χ4n) is 2.59.